The number of carbonyl (C=O) groups is 1. The fourth-order valence-electron chi connectivity index (χ4n) is 4.08. The van der Waals surface area contributed by atoms with Gasteiger partial charge in [-0.1, -0.05) is 0 Å². The van der Waals surface area contributed by atoms with Crippen LogP contribution in [0.1, 0.15) is 61.2 Å². The Morgan fingerprint density at radius 1 is 1.23 bits per heavy atom. The van der Waals surface area contributed by atoms with Crippen molar-refractivity contribution in [2.24, 2.45) is 0 Å². The molecule has 0 saturated heterocycles. The average Bonchev–Trinajstić information content (AvgIpc) is 3.22. The predicted molar refractivity (Wildman–Crippen MR) is 114 cm³/mol. The molecule has 4 rings (SSSR count). The van der Waals surface area contributed by atoms with Crippen molar-refractivity contribution < 1.29 is 14.3 Å². The Hall–Kier alpha value is -3.33. The molecule has 1 heterocycles. The van der Waals surface area contributed by atoms with Crippen LogP contribution in [0.3, 0.4) is 0 Å². The molecule has 6 heteroatoms. The van der Waals surface area contributed by atoms with Crippen molar-refractivity contribution in [1.82, 2.24) is 9.78 Å². The number of rotatable bonds is 2. The van der Waals surface area contributed by atoms with E-state index in [1.54, 1.807) is 0 Å². The van der Waals surface area contributed by atoms with Gasteiger partial charge in [-0.05, 0) is 94.5 Å². The second kappa shape index (κ2) is 7.17. The summed E-state index contributed by atoms with van der Waals surface area (Å²) in [4.78, 5) is 12.5. The van der Waals surface area contributed by atoms with E-state index < -0.39 is 11.7 Å². The van der Waals surface area contributed by atoms with Crippen molar-refractivity contribution in [1.29, 1.82) is 5.26 Å². The SMILES string of the molecule is Cc1cc(C#N)cc2c1C(Oc1ccc3c(c1)c(C)nn3C(=O)OC(C)(C)C)CC2. The molecular formula is C24H25N3O3. The molecular weight excluding hydrogens is 378 g/mol. The lowest BCUT2D eigenvalue weighted by Crippen LogP contribution is -2.27. The Labute approximate surface area is 176 Å². The summed E-state index contributed by atoms with van der Waals surface area (Å²) in [7, 11) is 0. The number of nitriles is 1. The van der Waals surface area contributed by atoms with Crippen LogP contribution in [-0.2, 0) is 11.2 Å². The molecule has 2 aromatic carbocycles. The van der Waals surface area contributed by atoms with E-state index in [1.165, 1.54) is 15.8 Å². The van der Waals surface area contributed by atoms with Gasteiger partial charge in [-0.3, -0.25) is 0 Å². The van der Waals surface area contributed by atoms with Gasteiger partial charge in [0.15, 0.2) is 0 Å². The Bertz CT molecular complexity index is 1200. The third kappa shape index (κ3) is 3.63. The highest BCUT2D eigenvalue weighted by Gasteiger charge is 2.27. The minimum Gasteiger partial charge on any atom is -0.486 e. The quantitative estimate of drug-likeness (QED) is 0.574. The number of carbonyl (C=O) groups excluding carboxylic acids is 1. The molecule has 0 spiro atoms. The number of aryl methyl sites for hydroxylation is 3. The summed E-state index contributed by atoms with van der Waals surface area (Å²) >= 11 is 0. The maximum atomic E-state index is 12.5. The first-order valence-electron chi connectivity index (χ1n) is 10.1. The lowest BCUT2D eigenvalue weighted by Gasteiger charge is -2.19. The first-order valence-corrected chi connectivity index (χ1v) is 10.1. The number of aromatic nitrogens is 2. The van der Waals surface area contributed by atoms with E-state index in [-0.39, 0.29) is 6.10 Å². The van der Waals surface area contributed by atoms with Gasteiger partial charge in [-0.25, -0.2) is 4.79 Å². The van der Waals surface area contributed by atoms with Crippen LogP contribution < -0.4 is 4.74 Å². The largest absolute Gasteiger partial charge is 0.486 e. The molecule has 0 N–H and O–H groups in total. The highest BCUT2D eigenvalue weighted by atomic mass is 16.6. The maximum Gasteiger partial charge on any atom is 0.435 e. The molecule has 0 amide bonds. The van der Waals surface area contributed by atoms with Crippen LogP contribution in [0.15, 0.2) is 30.3 Å². The second-order valence-electron chi connectivity index (χ2n) is 8.78. The molecule has 1 aromatic heterocycles. The minimum atomic E-state index is -0.592. The summed E-state index contributed by atoms with van der Waals surface area (Å²) in [6.45, 7) is 9.38. The molecule has 1 unspecified atom stereocenters. The topological polar surface area (TPSA) is 77.1 Å². The molecule has 0 saturated carbocycles. The molecule has 1 atom stereocenters. The molecule has 154 valence electrons. The second-order valence-corrected chi connectivity index (χ2v) is 8.78. The lowest BCUT2D eigenvalue weighted by atomic mass is 10.00. The number of hydrogen-bond donors (Lipinski definition) is 0. The number of fused-ring (bicyclic) bond motifs is 2. The normalized spacial score (nSPS) is 15.7. The summed E-state index contributed by atoms with van der Waals surface area (Å²) in [6.07, 6.45) is 1.22. The van der Waals surface area contributed by atoms with Crippen LogP contribution in [0, 0.1) is 25.2 Å². The van der Waals surface area contributed by atoms with Gasteiger partial charge in [-0.2, -0.15) is 15.0 Å². The van der Waals surface area contributed by atoms with Gasteiger partial charge in [0.25, 0.3) is 0 Å². The number of ether oxygens (including phenoxy) is 2. The van der Waals surface area contributed by atoms with Crippen LogP contribution in [-0.4, -0.2) is 21.5 Å². The smallest absolute Gasteiger partial charge is 0.435 e. The Morgan fingerprint density at radius 3 is 2.70 bits per heavy atom. The summed E-state index contributed by atoms with van der Waals surface area (Å²) < 4.78 is 13.1. The van der Waals surface area contributed by atoms with E-state index in [4.69, 9.17) is 9.47 Å². The highest BCUT2D eigenvalue weighted by Crippen LogP contribution is 2.38. The van der Waals surface area contributed by atoms with E-state index >= 15 is 0 Å². The maximum absolute atomic E-state index is 12.5. The van der Waals surface area contributed by atoms with Crippen molar-refractivity contribution in [2.75, 3.05) is 0 Å². The first-order chi connectivity index (χ1) is 14.2. The molecule has 0 radical (unpaired) electrons. The van der Waals surface area contributed by atoms with Crippen LogP contribution in [0.25, 0.3) is 10.9 Å². The van der Waals surface area contributed by atoms with Gasteiger partial charge >= 0.3 is 6.09 Å². The summed E-state index contributed by atoms with van der Waals surface area (Å²) in [5.41, 5.74) is 4.98. The van der Waals surface area contributed by atoms with Gasteiger partial charge in [0.2, 0.25) is 0 Å². The van der Waals surface area contributed by atoms with Gasteiger partial charge in [-0.15, -0.1) is 0 Å². The first kappa shape index (κ1) is 20.0. The third-order valence-corrected chi connectivity index (χ3v) is 5.28. The zero-order valence-corrected chi connectivity index (χ0v) is 17.9. The van der Waals surface area contributed by atoms with E-state index in [1.807, 2.05) is 65.0 Å². The van der Waals surface area contributed by atoms with Gasteiger partial charge < -0.3 is 9.47 Å². The average molecular weight is 403 g/mol. The predicted octanol–water partition coefficient (Wildman–Crippen LogP) is 5.37. The fraction of sp³-hybridized carbons (Fsp3) is 0.375. The van der Waals surface area contributed by atoms with Crippen molar-refractivity contribution in [3.05, 3.63) is 58.3 Å². The Kier molecular flexibility index (Phi) is 4.77. The van der Waals surface area contributed by atoms with Crippen LogP contribution >= 0.6 is 0 Å². The van der Waals surface area contributed by atoms with Crippen molar-refractivity contribution in [3.8, 4) is 11.8 Å². The monoisotopic (exact) mass is 403 g/mol. The van der Waals surface area contributed by atoms with Gasteiger partial charge in [0, 0.05) is 5.39 Å². The minimum absolute atomic E-state index is 0.0496. The third-order valence-electron chi connectivity index (χ3n) is 5.28. The van der Waals surface area contributed by atoms with E-state index in [0.717, 1.165) is 35.2 Å². The lowest BCUT2D eigenvalue weighted by molar-refractivity contribution is 0.0522. The Morgan fingerprint density at radius 2 is 2.00 bits per heavy atom. The molecule has 6 nitrogen and oxygen atoms in total. The molecule has 1 aliphatic carbocycles. The van der Waals surface area contributed by atoms with Crippen LogP contribution in [0.2, 0.25) is 0 Å². The van der Waals surface area contributed by atoms with Gasteiger partial charge in [0.05, 0.1) is 22.8 Å². The Balaban J connectivity index is 1.63. The standard InChI is InChI=1S/C24H25N3O3/c1-14-10-16(13-25)11-17-6-9-21(22(14)17)29-18-7-8-20-19(12-18)15(2)26-27(20)23(28)30-24(3,4)5/h7-8,10-12,21H,6,9H2,1-5H3. The van der Waals surface area contributed by atoms with Crippen molar-refractivity contribution in [2.45, 2.75) is 59.2 Å². The van der Waals surface area contributed by atoms with Gasteiger partial charge in [0.1, 0.15) is 17.5 Å². The molecule has 3 aromatic rings. The van der Waals surface area contributed by atoms with Crippen molar-refractivity contribution in [3.63, 3.8) is 0 Å². The number of benzene rings is 2. The zero-order chi connectivity index (χ0) is 21.6. The van der Waals surface area contributed by atoms with Crippen LogP contribution in [0.4, 0.5) is 4.79 Å². The molecule has 30 heavy (non-hydrogen) atoms. The summed E-state index contributed by atoms with van der Waals surface area (Å²) in [5, 5.41) is 14.4. The molecule has 0 bridgehead atoms. The fourth-order valence-corrected chi connectivity index (χ4v) is 4.08. The molecule has 0 aliphatic heterocycles. The highest BCUT2D eigenvalue weighted by molar-refractivity contribution is 5.90. The summed E-state index contributed by atoms with van der Waals surface area (Å²) in [5.74, 6) is 0.732. The van der Waals surface area contributed by atoms with E-state index in [0.29, 0.717) is 11.1 Å². The van der Waals surface area contributed by atoms with E-state index in [2.05, 4.69) is 11.2 Å². The van der Waals surface area contributed by atoms with E-state index in [9.17, 15) is 10.1 Å². The zero-order valence-electron chi connectivity index (χ0n) is 17.9. The molecule has 1 aliphatic rings. The molecule has 0 fully saturated rings. The van der Waals surface area contributed by atoms with Crippen LogP contribution in [0.5, 0.6) is 5.75 Å². The number of nitrogens with zero attached hydrogens (tertiary/aromatic N) is 3. The van der Waals surface area contributed by atoms with Crippen molar-refractivity contribution >= 4 is 17.0 Å². The number of hydrogen-bond acceptors (Lipinski definition) is 5. The summed E-state index contributed by atoms with van der Waals surface area (Å²) in [6, 6.07) is 11.7.